The van der Waals surface area contributed by atoms with Crippen LogP contribution in [0.3, 0.4) is 0 Å². The number of morpholine rings is 1. The fourth-order valence-corrected chi connectivity index (χ4v) is 2.42. The summed E-state index contributed by atoms with van der Waals surface area (Å²) in [5.41, 5.74) is 2.60. The average Bonchev–Trinajstić information content (AvgIpc) is 2.44. The number of aryl methyl sites for hydroxylation is 2. The summed E-state index contributed by atoms with van der Waals surface area (Å²) in [6, 6.07) is 4.33. The topological polar surface area (TPSA) is 17.4 Å². The second-order valence-corrected chi connectivity index (χ2v) is 4.56. The third-order valence-corrected chi connectivity index (χ3v) is 2.92. The molecule has 0 N–H and O–H groups in total. The van der Waals surface area contributed by atoms with Crippen LogP contribution in [-0.2, 0) is 4.74 Å². The first-order valence-corrected chi connectivity index (χ1v) is 5.63. The molecule has 2 rings (SSSR count). The molecule has 2 heterocycles. The van der Waals surface area contributed by atoms with Gasteiger partial charge in [0.2, 0.25) is 0 Å². The number of aromatic nitrogens is 1. The van der Waals surface area contributed by atoms with Gasteiger partial charge in [0.1, 0.15) is 0 Å². The molecular formula is C12H20N2O. The van der Waals surface area contributed by atoms with E-state index in [1.165, 1.54) is 11.4 Å². The van der Waals surface area contributed by atoms with Crippen molar-refractivity contribution in [3.05, 3.63) is 23.5 Å². The van der Waals surface area contributed by atoms with E-state index in [0.29, 0.717) is 12.2 Å². The lowest BCUT2D eigenvalue weighted by molar-refractivity contribution is -0.0136. The molecule has 1 aliphatic rings. The van der Waals surface area contributed by atoms with Crippen molar-refractivity contribution in [2.45, 2.75) is 39.9 Å². The van der Waals surface area contributed by atoms with Crippen LogP contribution in [0.15, 0.2) is 12.1 Å². The summed E-state index contributed by atoms with van der Waals surface area (Å²) in [7, 11) is 0. The first kappa shape index (κ1) is 10.6. The van der Waals surface area contributed by atoms with Crippen LogP contribution in [0.25, 0.3) is 0 Å². The fourth-order valence-electron chi connectivity index (χ4n) is 2.42. The van der Waals surface area contributed by atoms with E-state index in [4.69, 9.17) is 4.74 Å². The van der Waals surface area contributed by atoms with Crippen molar-refractivity contribution in [1.29, 1.82) is 0 Å². The van der Waals surface area contributed by atoms with Crippen molar-refractivity contribution >= 4 is 0 Å². The molecule has 0 radical (unpaired) electrons. The molecule has 0 bridgehead atoms. The number of hydrogen-bond donors (Lipinski definition) is 0. The zero-order valence-electron chi connectivity index (χ0n) is 10.0. The lowest BCUT2D eigenvalue weighted by atomic mass is 10.2. The Balaban J connectivity index is 2.23. The largest absolute Gasteiger partial charge is 0.372 e. The highest BCUT2D eigenvalue weighted by Crippen LogP contribution is 2.14. The van der Waals surface area contributed by atoms with Crippen molar-refractivity contribution in [2.24, 2.45) is 0 Å². The van der Waals surface area contributed by atoms with Gasteiger partial charge in [-0.2, -0.15) is 0 Å². The van der Waals surface area contributed by atoms with Gasteiger partial charge in [0.05, 0.1) is 25.3 Å². The maximum absolute atomic E-state index is 5.74. The highest BCUT2D eigenvalue weighted by atomic mass is 16.5. The average molecular weight is 208 g/mol. The fraction of sp³-hybridized carbons (Fsp3) is 0.667. The van der Waals surface area contributed by atoms with Crippen LogP contribution in [0.4, 0.5) is 0 Å². The lowest BCUT2D eigenvalue weighted by Crippen LogP contribution is -2.51. The molecule has 0 saturated carbocycles. The van der Waals surface area contributed by atoms with Gasteiger partial charge in [-0.3, -0.25) is 4.68 Å². The summed E-state index contributed by atoms with van der Waals surface area (Å²) in [6.45, 7) is 10.5. The monoisotopic (exact) mass is 208 g/mol. The molecule has 0 spiro atoms. The summed E-state index contributed by atoms with van der Waals surface area (Å²) in [5.74, 6) is 0. The summed E-state index contributed by atoms with van der Waals surface area (Å²) in [6.07, 6.45) is 0.630. The van der Waals surface area contributed by atoms with Gasteiger partial charge in [0.25, 0.3) is 0 Å². The van der Waals surface area contributed by atoms with Crippen molar-refractivity contribution in [1.82, 2.24) is 4.68 Å². The van der Waals surface area contributed by atoms with Crippen molar-refractivity contribution < 1.29 is 4.74 Å². The molecule has 3 nitrogen and oxygen atoms in total. The quantitative estimate of drug-likeness (QED) is 0.701. The molecule has 1 fully saturated rings. The van der Waals surface area contributed by atoms with Crippen LogP contribution in [-0.4, -0.2) is 30.0 Å². The molecule has 84 valence electrons. The molecule has 0 aliphatic carbocycles. The second kappa shape index (κ2) is 3.89. The predicted molar refractivity (Wildman–Crippen MR) is 61.9 cm³/mol. The molecule has 3 heteroatoms. The van der Waals surface area contributed by atoms with E-state index in [-0.39, 0.29) is 0 Å². The maximum Gasteiger partial charge on any atom is 0.0742 e. The van der Waals surface area contributed by atoms with Gasteiger partial charge >= 0.3 is 0 Å². The molecular weight excluding hydrogens is 188 g/mol. The molecule has 1 saturated heterocycles. The Hall–Kier alpha value is -0.960. The van der Waals surface area contributed by atoms with Crippen LogP contribution in [0.2, 0.25) is 0 Å². The third kappa shape index (κ3) is 2.02. The number of rotatable bonds is 1. The number of nitrogens with zero attached hydrogens (tertiary/aromatic N) is 2. The third-order valence-electron chi connectivity index (χ3n) is 2.92. The van der Waals surface area contributed by atoms with Gasteiger partial charge in [0, 0.05) is 11.4 Å². The van der Waals surface area contributed by atoms with Crippen molar-refractivity contribution in [3.63, 3.8) is 0 Å². The molecule has 1 aromatic heterocycles. The van der Waals surface area contributed by atoms with Crippen LogP contribution in [0, 0.1) is 13.8 Å². The number of hydrogen-bond acceptors (Lipinski definition) is 2. The Morgan fingerprint density at radius 2 is 1.53 bits per heavy atom. The zero-order chi connectivity index (χ0) is 11.0. The summed E-state index contributed by atoms with van der Waals surface area (Å²) < 4.78 is 8.04. The van der Waals surface area contributed by atoms with Crippen molar-refractivity contribution in [3.8, 4) is 0 Å². The highest BCUT2D eigenvalue weighted by molar-refractivity contribution is 5.17. The summed E-state index contributed by atoms with van der Waals surface area (Å²) >= 11 is 0. The molecule has 0 unspecified atom stereocenters. The van der Waals surface area contributed by atoms with E-state index in [1.54, 1.807) is 0 Å². The van der Waals surface area contributed by atoms with Gasteiger partial charge in [-0.15, -0.1) is 0 Å². The minimum absolute atomic E-state index is 0.315. The van der Waals surface area contributed by atoms with Crippen LogP contribution in [0.1, 0.15) is 25.2 Å². The molecule has 0 aromatic carbocycles. The summed E-state index contributed by atoms with van der Waals surface area (Å²) in [5, 5.41) is 2.38. The van der Waals surface area contributed by atoms with Crippen LogP contribution >= 0.6 is 0 Å². The Bertz CT molecular complexity index is 316. The molecule has 1 aromatic rings. The van der Waals surface area contributed by atoms with Gasteiger partial charge in [0.15, 0.2) is 0 Å². The van der Waals surface area contributed by atoms with Crippen LogP contribution < -0.4 is 5.01 Å². The normalized spacial score (nSPS) is 27.1. The molecule has 1 aliphatic heterocycles. The molecule has 2 atom stereocenters. The van der Waals surface area contributed by atoms with Crippen LogP contribution in [0.5, 0.6) is 0 Å². The van der Waals surface area contributed by atoms with Gasteiger partial charge in [-0.25, -0.2) is 0 Å². The van der Waals surface area contributed by atoms with E-state index in [0.717, 1.165) is 13.1 Å². The van der Waals surface area contributed by atoms with Gasteiger partial charge in [-0.05, 0) is 39.8 Å². The smallest absolute Gasteiger partial charge is 0.0742 e. The number of ether oxygens (including phenoxy) is 1. The minimum Gasteiger partial charge on any atom is -0.372 e. The Morgan fingerprint density at radius 3 is 2.00 bits per heavy atom. The maximum atomic E-state index is 5.74. The van der Waals surface area contributed by atoms with Crippen molar-refractivity contribution in [2.75, 3.05) is 18.1 Å². The first-order valence-electron chi connectivity index (χ1n) is 5.63. The molecule has 0 amide bonds. The molecule has 15 heavy (non-hydrogen) atoms. The Morgan fingerprint density at radius 1 is 1.07 bits per heavy atom. The van der Waals surface area contributed by atoms with Gasteiger partial charge in [-0.1, -0.05) is 0 Å². The van der Waals surface area contributed by atoms with E-state index in [9.17, 15) is 0 Å². The summed E-state index contributed by atoms with van der Waals surface area (Å²) in [4.78, 5) is 0. The van der Waals surface area contributed by atoms with Gasteiger partial charge < -0.3 is 9.75 Å². The lowest BCUT2D eigenvalue weighted by Gasteiger charge is -2.38. The Labute approximate surface area is 91.6 Å². The standard InChI is InChI=1S/C12H20N2O/c1-9-5-6-10(2)14(9)13-7-11(3)15-12(4)8-13/h5-6,11-12H,7-8H2,1-4H3/t11-,12-/m1/s1. The van der Waals surface area contributed by atoms with E-state index < -0.39 is 0 Å². The zero-order valence-corrected chi connectivity index (χ0v) is 10.0. The van der Waals surface area contributed by atoms with E-state index in [1.807, 2.05) is 0 Å². The SMILES string of the molecule is Cc1ccc(C)n1N1C[C@@H](C)O[C@H](C)C1. The minimum atomic E-state index is 0.315. The van der Waals surface area contributed by atoms with E-state index in [2.05, 4.69) is 49.5 Å². The first-order chi connectivity index (χ1) is 7.08. The second-order valence-electron chi connectivity index (χ2n) is 4.56. The Kier molecular flexibility index (Phi) is 2.74. The van der Waals surface area contributed by atoms with E-state index >= 15 is 0 Å². The highest BCUT2D eigenvalue weighted by Gasteiger charge is 2.23. The predicted octanol–water partition coefficient (Wildman–Crippen LogP) is 1.85.